The molecule has 0 aliphatic heterocycles. The van der Waals surface area contributed by atoms with E-state index in [9.17, 15) is 13.9 Å². The van der Waals surface area contributed by atoms with E-state index in [1.54, 1.807) is 12.1 Å². The van der Waals surface area contributed by atoms with Crippen molar-refractivity contribution in [1.29, 1.82) is 0 Å². The molecular formula is C15H15F2NO2. The molecule has 0 spiro atoms. The van der Waals surface area contributed by atoms with Crippen molar-refractivity contribution in [3.8, 4) is 5.75 Å². The zero-order valence-electron chi connectivity index (χ0n) is 10.7. The van der Waals surface area contributed by atoms with Crippen molar-refractivity contribution < 1.29 is 18.6 Å². The predicted octanol–water partition coefficient (Wildman–Crippen LogP) is 2.82. The molecule has 0 saturated carbocycles. The summed E-state index contributed by atoms with van der Waals surface area (Å²) in [6.45, 7) is 0.290. The lowest BCUT2D eigenvalue weighted by molar-refractivity contribution is 0.117. The number of halogens is 2. The molecule has 5 heteroatoms. The fourth-order valence-electron chi connectivity index (χ4n) is 1.62. The lowest BCUT2D eigenvalue weighted by Crippen LogP contribution is -2.26. The highest BCUT2D eigenvalue weighted by molar-refractivity contribution is 5.43. The topological polar surface area (TPSA) is 41.5 Å². The van der Waals surface area contributed by atoms with Gasteiger partial charge in [-0.05, 0) is 42.5 Å². The van der Waals surface area contributed by atoms with Crippen LogP contribution in [0.3, 0.4) is 0 Å². The first-order valence-corrected chi connectivity index (χ1v) is 6.19. The van der Waals surface area contributed by atoms with Crippen LogP contribution >= 0.6 is 0 Å². The zero-order valence-corrected chi connectivity index (χ0v) is 10.7. The summed E-state index contributed by atoms with van der Waals surface area (Å²) in [6.07, 6.45) is -0.761. The van der Waals surface area contributed by atoms with Crippen LogP contribution in [0.25, 0.3) is 0 Å². The van der Waals surface area contributed by atoms with Crippen molar-refractivity contribution in [3.05, 3.63) is 60.2 Å². The Morgan fingerprint density at radius 1 is 1.05 bits per heavy atom. The molecule has 0 radical (unpaired) electrons. The molecule has 0 saturated heterocycles. The molecule has 0 bridgehead atoms. The number of aliphatic hydroxyl groups excluding tert-OH is 1. The van der Waals surface area contributed by atoms with Crippen LogP contribution in [-0.2, 0) is 0 Å². The average molecular weight is 279 g/mol. The van der Waals surface area contributed by atoms with Gasteiger partial charge in [0.2, 0.25) is 0 Å². The van der Waals surface area contributed by atoms with Crippen LogP contribution in [0.15, 0.2) is 48.5 Å². The minimum Gasteiger partial charge on any atom is -0.491 e. The Kier molecular flexibility index (Phi) is 4.90. The monoisotopic (exact) mass is 279 g/mol. The van der Waals surface area contributed by atoms with E-state index in [4.69, 9.17) is 4.74 Å². The number of hydrogen-bond acceptors (Lipinski definition) is 3. The summed E-state index contributed by atoms with van der Waals surface area (Å²) in [5.74, 6) is -0.200. The van der Waals surface area contributed by atoms with Crippen LogP contribution in [0.1, 0.15) is 0 Å². The molecule has 106 valence electrons. The zero-order chi connectivity index (χ0) is 14.4. The third-order valence-corrected chi connectivity index (χ3v) is 2.62. The molecule has 2 aromatic carbocycles. The highest BCUT2D eigenvalue weighted by atomic mass is 19.1. The highest BCUT2D eigenvalue weighted by Crippen LogP contribution is 2.12. The minimum atomic E-state index is -0.761. The van der Waals surface area contributed by atoms with E-state index in [1.807, 2.05) is 0 Å². The van der Waals surface area contributed by atoms with Crippen LogP contribution in [0.2, 0.25) is 0 Å². The van der Waals surface area contributed by atoms with Gasteiger partial charge in [0, 0.05) is 12.2 Å². The SMILES string of the molecule is OC(CNc1cccc(F)c1)COc1ccc(F)cc1. The summed E-state index contributed by atoms with van der Waals surface area (Å²) < 4.78 is 30.9. The fourth-order valence-corrected chi connectivity index (χ4v) is 1.62. The summed E-state index contributed by atoms with van der Waals surface area (Å²) in [4.78, 5) is 0. The Labute approximate surface area is 115 Å². The van der Waals surface area contributed by atoms with Crippen molar-refractivity contribution in [2.24, 2.45) is 0 Å². The lowest BCUT2D eigenvalue weighted by atomic mass is 10.3. The first-order chi connectivity index (χ1) is 9.63. The van der Waals surface area contributed by atoms with Crippen LogP contribution < -0.4 is 10.1 Å². The maximum Gasteiger partial charge on any atom is 0.125 e. The molecule has 0 amide bonds. The molecule has 2 aromatic rings. The molecular weight excluding hydrogens is 264 g/mol. The first-order valence-electron chi connectivity index (χ1n) is 6.19. The van der Waals surface area contributed by atoms with E-state index >= 15 is 0 Å². The molecule has 0 aromatic heterocycles. The number of nitrogens with one attached hydrogen (secondary N) is 1. The fraction of sp³-hybridized carbons (Fsp3) is 0.200. The summed E-state index contributed by atoms with van der Waals surface area (Å²) >= 11 is 0. The van der Waals surface area contributed by atoms with Gasteiger partial charge in [-0.3, -0.25) is 0 Å². The number of hydrogen-bond donors (Lipinski definition) is 2. The third-order valence-electron chi connectivity index (χ3n) is 2.62. The molecule has 20 heavy (non-hydrogen) atoms. The van der Waals surface area contributed by atoms with Gasteiger partial charge in [-0.1, -0.05) is 6.07 Å². The Bertz CT molecular complexity index is 546. The number of ether oxygens (including phenoxy) is 1. The van der Waals surface area contributed by atoms with E-state index < -0.39 is 6.10 Å². The normalized spacial score (nSPS) is 11.9. The van der Waals surface area contributed by atoms with Gasteiger partial charge in [-0.25, -0.2) is 8.78 Å². The second-order valence-corrected chi connectivity index (χ2v) is 4.31. The van der Waals surface area contributed by atoms with Crippen molar-refractivity contribution in [3.63, 3.8) is 0 Å². The Morgan fingerprint density at radius 3 is 2.50 bits per heavy atom. The van der Waals surface area contributed by atoms with Crippen molar-refractivity contribution in [2.45, 2.75) is 6.10 Å². The van der Waals surface area contributed by atoms with Gasteiger partial charge in [0.15, 0.2) is 0 Å². The lowest BCUT2D eigenvalue weighted by Gasteiger charge is -2.14. The van der Waals surface area contributed by atoms with Crippen LogP contribution in [0, 0.1) is 11.6 Å². The van der Waals surface area contributed by atoms with Crippen molar-refractivity contribution in [2.75, 3.05) is 18.5 Å². The molecule has 1 unspecified atom stereocenters. The van der Waals surface area contributed by atoms with Crippen LogP contribution in [-0.4, -0.2) is 24.4 Å². The summed E-state index contributed by atoms with van der Waals surface area (Å²) in [6, 6.07) is 11.5. The smallest absolute Gasteiger partial charge is 0.125 e. The maximum atomic E-state index is 12.9. The number of anilines is 1. The minimum absolute atomic E-state index is 0.0634. The average Bonchev–Trinajstić information content (AvgIpc) is 2.45. The molecule has 0 fully saturated rings. The van der Waals surface area contributed by atoms with E-state index in [-0.39, 0.29) is 24.8 Å². The Morgan fingerprint density at radius 2 is 1.80 bits per heavy atom. The number of rotatable bonds is 6. The van der Waals surface area contributed by atoms with Crippen LogP contribution in [0.5, 0.6) is 5.75 Å². The Hall–Kier alpha value is -2.14. The molecule has 0 aliphatic carbocycles. The van der Waals surface area contributed by atoms with Crippen molar-refractivity contribution >= 4 is 5.69 Å². The Balaban J connectivity index is 1.75. The summed E-state index contributed by atoms with van der Waals surface area (Å²) in [5, 5.41) is 12.6. The maximum absolute atomic E-state index is 12.9. The highest BCUT2D eigenvalue weighted by Gasteiger charge is 2.05. The second kappa shape index (κ2) is 6.86. The van der Waals surface area contributed by atoms with Gasteiger partial charge in [-0.15, -0.1) is 0 Å². The van der Waals surface area contributed by atoms with Gasteiger partial charge in [-0.2, -0.15) is 0 Å². The number of benzene rings is 2. The molecule has 0 heterocycles. The standard InChI is InChI=1S/C15H15F2NO2/c16-11-4-6-15(7-5-11)20-10-14(19)9-18-13-3-1-2-12(17)8-13/h1-8,14,18-19H,9-10H2. The summed E-state index contributed by atoms with van der Waals surface area (Å²) in [5.41, 5.74) is 0.589. The molecule has 2 rings (SSSR count). The van der Waals surface area contributed by atoms with E-state index in [1.165, 1.54) is 36.4 Å². The van der Waals surface area contributed by atoms with Crippen LogP contribution in [0.4, 0.5) is 14.5 Å². The van der Waals surface area contributed by atoms with Gasteiger partial charge in [0.1, 0.15) is 30.1 Å². The van der Waals surface area contributed by atoms with E-state index in [2.05, 4.69) is 5.32 Å². The van der Waals surface area contributed by atoms with Gasteiger partial charge < -0.3 is 15.2 Å². The largest absolute Gasteiger partial charge is 0.491 e. The second-order valence-electron chi connectivity index (χ2n) is 4.31. The molecule has 3 nitrogen and oxygen atoms in total. The van der Waals surface area contributed by atoms with Gasteiger partial charge in [0.25, 0.3) is 0 Å². The third kappa shape index (κ3) is 4.51. The van der Waals surface area contributed by atoms with E-state index in [0.717, 1.165) is 0 Å². The molecule has 2 N–H and O–H groups in total. The first kappa shape index (κ1) is 14.3. The molecule has 0 aliphatic rings. The van der Waals surface area contributed by atoms with E-state index in [0.29, 0.717) is 11.4 Å². The number of aliphatic hydroxyl groups is 1. The van der Waals surface area contributed by atoms with Gasteiger partial charge in [0.05, 0.1) is 0 Å². The predicted molar refractivity (Wildman–Crippen MR) is 72.8 cm³/mol. The molecule has 1 atom stereocenters. The quantitative estimate of drug-likeness (QED) is 0.854. The van der Waals surface area contributed by atoms with Crippen molar-refractivity contribution in [1.82, 2.24) is 0 Å². The summed E-state index contributed by atoms with van der Waals surface area (Å²) in [7, 11) is 0. The van der Waals surface area contributed by atoms with Gasteiger partial charge >= 0.3 is 0 Å².